The Bertz CT molecular complexity index is 387. The van der Waals surface area contributed by atoms with Crippen molar-refractivity contribution in [2.24, 2.45) is 0 Å². The molecule has 0 fully saturated rings. The molecule has 0 saturated carbocycles. The lowest BCUT2D eigenvalue weighted by Gasteiger charge is -2.16. The largest absolute Gasteiger partial charge is 0.384 e. The van der Waals surface area contributed by atoms with Crippen LogP contribution in [0.25, 0.3) is 0 Å². The first-order valence-electron chi connectivity index (χ1n) is 5.99. The van der Waals surface area contributed by atoms with Crippen LogP contribution in [0.15, 0.2) is 54.6 Å². The Morgan fingerprint density at radius 2 is 1.88 bits per heavy atom. The molecule has 0 aliphatic heterocycles. The lowest BCUT2D eigenvalue weighted by Crippen LogP contribution is -2.18. The van der Waals surface area contributed by atoms with Gasteiger partial charge in [-0.3, -0.25) is 0 Å². The van der Waals surface area contributed by atoms with E-state index in [1.807, 2.05) is 30.3 Å². The smallest absolute Gasteiger partial charge is 0.104 e. The zero-order chi connectivity index (χ0) is 12.9. The highest BCUT2D eigenvalue weighted by molar-refractivity contribution is 6.76. The standard InChI is InChI=1S/C15H22OSi/c1-5-13(11-12-17(2,3)4)15(16)14-9-7-6-8-10-14/h5-11,15-16H,1,12H2,2-4H3/b13-11+. The molecule has 0 bridgehead atoms. The molecule has 1 nitrogen and oxygen atoms in total. The van der Waals surface area contributed by atoms with Crippen LogP contribution in [0.4, 0.5) is 0 Å². The Balaban J connectivity index is 2.85. The predicted octanol–water partition coefficient (Wildman–Crippen LogP) is 4.17. The van der Waals surface area contributed by atoms with Crippen LogP contribution in [0, 0.1) is 0 Å². The van der Waals surface area contributed by atoms with Crippen LogP contribution in [0.5, 0.6) is 0 Å². The second-order valence-electron chi connectivity index (χ2n) is 5.49. The summed E-state index contributed by atoms with van der Waals surface area (Å²) in [6.07, 6.45) is 3.35. The Morgan fingerprint density at radius 3 is 2.35 bits per heavy atom. The minimum absolute atomic E-state index is 0.551. The van der Waals surface area contributed by atoms with Crippen LogP contribution in [0.2, 0.25) is 25.7 Å². The molecule has 92 valence electrons. The third-order valence-electron chi connectivity index (χ3n) is 2.62. The summed E-state index contributed by atoms with van der Waals surface area (Å²) in [6, 6.07) is 10.8. The Kier molecular flexibility index (Phi) is 4.91. The van der Waals surface area contributed by atoms with Crippen LogP contribution in [0.1, 0.15) is 11.7 Å². The molecule has 1 atom stereocenters. The van der Waals surface area contributed by atoms with E-state index >= 15 is 0 Å². The van der Waals surface area contributed by atoms with Crippen LogP contribution in [-0.4, -0.2) is 13.2 Å². The molecule has 1 unspecified atom stereocenters. The molecule has 0 aromatic heterocycles. The molecule has 0 aliphatic carbocycles. The average Bonchev–Trinajstić information content (AvgIpc) is 2.29. The van der Waals surface area contributed by atoms with Crippen molar-refractivity contribution in [3.05, 3.63) is 60.2 Å². The average molecular weight is 246 g/mol. The van der Waals surface area contributed by atoms with Gasteiger partial charge in [-0.05, 0) is 17.2 Å². The maximum absolute atomic E-state index is 10.3. The number of rotatable bonds is 5. The molecule has 17 heavy (non-hydrogen) atoms. The third-order valence-corrected chi connectivity index (χ3v) is 4.05. The van der Waals surface area contributed by atoms with E-state index in [0.29, 0.717) is 0 Å². The van der Waals surface area contributed by atoms with E-state index in [-0.39, 0.29) is 0 Å². The van der Waals surface area contributed by atoms with Crippen LogP contribution >= 0.6 is 0 Å². The van der Waals surface area contributed by atoms with E-state index in [4.69, 9.17) is 0 Å². The summed E-state index contributed by atoms with van der Waals surface area (Å²) < 4.78 is 0. The van der Waals surface area contributed by atoms with Crippen LogP contribution < -0.4 is 0 Å². The summed E-state index contributed by atoms with van der Waals surface area (Å²) >= 11 is 0. The Hall–Kier alpha value is -1.12. The van der Waals surface area contributed by atoms with Crippen molar-refractivity contribution in [3.8, 4) is 0 Å². The maximum atomic E-state index is 10.3. The lowest BCUT2D eigenvalue weighted by atomic mass is 10.0. The Labute approximate surface area is 106 Å². The normalized spacial score (nSPS) is 14.5. The van der Waals surface area contributed by atoms with Gasteiger partial charge < -0.3 is 5.11 Å². The van der Waals surface area contributed by atoms with Gasteiger partial charge in [0.1, 0.15) is 6.10 Å². The van der Waals surface area contributed by atoms with E-state index in [1.165, 1.54) is 0 Å². The van der Waals surface area contributed by atoms with Crippen molar-refractivity contribution in [1.82, 2.24) is 0 Å². The topological polar surface area (TPSA) is 20.2 Å². The molecule has 0 aliphatic rings. The molecule has 0 heterocycles. The molecule has 0 amide bonds. The molecule has 1 N–H and O–H groups in total. The van der Waals surface area contributed by atoms with Crippen LogP contribution in [-0.2, 0) is 0 Å². The molecular formula is C15H22OSi. The van der Waals surface area contributed by atoms with E-state index in [2.05, 4.69) is 32.3 Å². The van der Waals surface area contributed by atoms with Crippen molar-refractivity contribution in [3.63, 3.8) is 0 Å². The highest BCUT2D eigenvalue weighted by Gasteiger charge is 2.14. The third kappa shape index (κ3) is 4.71. The van der Waals surface area contributed by atoms with Gasteiger partial charge in [0.15, 0.2) is 0 Å². The van der Waals surface area contributed by atoms with Crippen molar-refractivity contribution in [2.45, 2.75) is 31.8 Å². The molecule has 2 heteroatoms. The van der Waals surface area contributed by atoms with Crippen molar-refractivity contribution >= 4 is 8.07 Å². The van der Waals surface area contributed by atoms with Gasteiger partial charge in [0.25, 0.3) is 0 Å². The SMILES string of the molecule is C=C/C(=C\C[Si](C)(C)C)C(O)c1ccccc1. The lowest BCUT2D eigenvalue weighted by molar-refractivity contribution is 0.219. The molecule has 0 radical (unpaired) electrons. The first kappa shape index (κ1) is 13.9. The van der Waals surface area contributed by atoms with E-state index in [9.17, 15) is 5.11 Å². The zero-order valence-electron chi connectivity index (χ0n) is 11.0. The second-order valence-corrected chi connectivity index (χ2v) is 11.0. The number of hydrogen-bond donors (Lipinski definition) is 1. The quantitative estimate of drug-likeness (QED) is 0.610. The molecule has 1 aromatic rings. The highest BCUT2D eigenvalue weighted by Crippen LogP contribution is 2.23. The van der Waals surface area contributed by atoms with E-state index in [1.54, 1.807) is 6.08 Å². The fourth-order valence-electron chi connectivity index (χ4n) is 1.56. The van der Waals surface area contributed by atoms with Crippen molar-refractivity contribution in [2.75, 3.05) is 0 Å². The summed E-state index contributed by atoms with van der Waals surface area (Å²) in [5.74, 6) is 0. The van der Waals surface area contributed by atoms with Gasteiger partial charge in [-0.1, -0.05) is 68.7 Å². The number of allylic oxidation sites excluding steroid dienone is 1. The summed E-state index contributed by atoms with van der Waals surface area (Å²) in [5.41, 5.74) is 1.84. The fraction of sp³-hybridized carbons (Fsp3) is 0.333. The van der Waals surface area contributed by atoms with Gasteiger partial charge in [0.05, 0.1) is 0 Å². The van der Waals surface area contributed by atoms with Crippen molar-refractivity contribution in [1.29, 1.82) is 0 Å². The van der Waals surface area contributed by atoms with Gasteiger partial charge in [-0.2, -0.15) is 0 Å². The molecule has 1 rings (SSSR count). The molecular weight excluding hydrogens is 224 g/mol. The monoisotopic (exact) mass is 246 g/mol. The molecule has 0 saturated heterocycles. The minimum atomic E-state index is -1.12. The second kappa shape index (κ2) is 5.99. The van der Waals surface area contributed by atoms with E-state index < -0.39 is 14.2 Å². The first-order chi connectivity index (χ1) is 7.94. The van der Waals surface area contributed by atoms with Gasteiger partial charge in [0.2, 0.25) is 0 Å². The minimum Gasteiger partial charge on any atom is -0.384 e. The van der Waals surface area contributed by atoms with E-state index in [0.717, 1.165) is 17.2 Å². The predicted molar refractivity (Wildman–Crippen MR) is 77.8 cm³/mol. The highest BCUT2D eigenvalue weighted by atomic mass is 28.3. The molecule has 0 spiro atoms. The first-order valence-corrected chi connectivity index (χ1v) is 9.70. The zero-order valence-corrected chi connectivity index (χ0v) is 12.0. The van der Waals surface area contributed by atoms with Crippen LogP contribution in [0.3, 0.4) is 0 Å². The number of hydrogen-bond acceptors (Lipinski definition) is 1. The Morgan fingerprint density at radius 1 is 1.29 bits per heavy atom. The van der Waals surface area contributed by atoms with Gasteiger partial charge in [0, 0.05) is 8.07 Å². The van der Waals surface area contributed by atoms with Gasteiger partial charge in [-0.15, -0.1) is 0 Å². The summed E-state index contributed by atoms with van der Waals surface area (Å²) in [4.78, 5) is 0. The number of benzene rings is 1. The van der Waals surface area contributed by atoms with Crippen molar-refractivity contribution < 1.29 is 5.11 Å². The summed E-state index contributed by atoms with van der Waals surface area (Å²) in [7, 11) is -1.12. The maximum Gasteiger partial charge on any atom is 0.104 e. The summed E-state index contributed by atoms with van der Waals surface area (Å²) in [5, 5.41) is 10.3. The fourth-order valence-corrected chi connectivity index (χ4v) is 2.41. The van der Waals surface area contributed by atoms with Gasteiger partial charge >= 0.3 is 0 Å². The molecule has 1 aromatic carbocycles. The van der Waals surface area contributed by atoms with Gasteiger partial charge in [-0.25, -0.2) is 0 Å². The number of aliphatic hydroxyl groups excluding tert-OH is 1. The number of aliphatic hydroxyl groups is 1. The summed E-state index contributed by atoms with van der Waals surface area (Å²) in [6.45, 7) is 10.8.